The van der Waals surface area contributed by atoms with E-state index in [9.17, 15) is 9.18 Å². The van der Waals surface area contributed by atoms with Crippen LogP contribution in [0.1, 0.15) is 15.4 Å². The predicted molar refractivity (Wildman–Crippen MR) is 67.5 cm³/mol. The Hall–Kier alpha value is -1.99. The van der Waals surface area contributed by atoms with Crippen LogP contribution >= 0.6 is 11.3 Å². The standard InChI is InChI=1S/C11H11FN4OS/c12-8-3-1-2-7(10(8)16-13)11(17)15-6-9-14-4-5-18-9/h1-5,16H,6,13H2,(H,15,17). The number of nitrogens with zero attached hydrogens (tertiary/aromatic N) is 1. The summed E-state index contributed by atoms with van der Waals surface area (Å²) in [6, 6.07) is 4.18. The van der Waals surface area contributed by atoms with Gasteiger partial charge < -0.3 is 10.7 Å². The normalized spacial score (nSPS) is 10.1. The van der Waals surface area contributed by atoms with E-state index in [4.69, 9.17) is 5.84 Å². The van der Waals surface area contributed by atoms with Crippen LogP contribution in [0.15, 0.2) is 29.8 Å². The van der Waals surface area contributed by atoms with E-state index in [1.54, 1.807) is 6.20 Å². The lowest BCUT2D eigenvalue weighted by molar-refractivity contribution is 0.0951. The summed E-state index contributed by atoms with van der Waals surface area (Å²) in [6.07, 6.45) is 1.65. The van der Waals surface area contributed by atoms with Crippen molar-refractivity contribution in [2.45, 2.75) is 6.54 Å². The second kappa shape index (κ2) is 5.56. The zero-order chi connectivity index (χ0) is 13.0. The quantitative estimate of drug-likeness (QED) is 0.578. The van der Waals surface area contributed by atoms with Crippen LogP contribution in [0.25, 0.3) is 0 Å². The molecule has 5 nitrogen and oxygen atoms in total. The molecule has 0 atom stereocenters. The van der Waals surface area contributed by atoms with Gasteiger partial charge in [0.15, 0.2) is 0 Å². The first-order valence-corrected chi connectivity index (χ1v) is 6.02. The molecule has 1 aromatic carbocycles. The van der Waals surface area contributed by atoms with Crippen molar-refractivity contribution in [3.8, 4) is 0 Å². The Morgan fingerprint density at radius 2 is 2.33 bits per heavy atom. The summed E-state index contributed by atoms with van der Waals surface area (Å²) in [5.74, 6) is 4.22. The Morgan fingerprint density at radius 1 is 1.50 bits per heavy atom. The van der Waals surface area contributed by atoms with Crippen molar-refractivity contribution >= 4 is 22.9 Å². The molecule has 18 heavy (non-hydrogen) atoms. The summed E-state index contributed by atoms with van der Waals surface area (Å²) in [5, 5.41) is 5.25. The number of rotatable bonds is 4. The number of hydrogen-bond donors (Lipinski definition) is 3. The summed E-state index contributed by atoms with van der Waals surface area (Å²) in [6.45, 7) is 0.303. The molecule has 2 aromatic rings. The topological polar surface area (TPSA) is 80.0 Å². The number of carbonyl (C=O) groups excluding carboxylic acids is 1. The van der Waals surface area contributed by atoms with E-state index in [1.165, 1.54) is 29.5 Å². The summed E-state index contributed by atoms with van der Waals surface area (Å²) in [7, 11) is 0. The van der Waals surface area contributed by atoms with Gasteiger partial charge in [-0.05, 0) is 12.1 Å². The first-order chi connectivity index (χ1) is 8.72. The van der Waals surface area contributed by atoms with E-state index in [2.05, 4.69) is 15.7 Å². The highest BCUT2D eigenvalue weighted by atomic mass is 32.1. The molecule has 0 bridgehead atoms. The Bertz CT molecular complexity index is 544. The van der Waals surface area contributed by atoms with Crippen LogP contribution < -0.4 is 16.6 Å². The number of amides is 1. The predicted octanol–water partition coefficient (Wildman–Crippen LogP) is 1.50. The first-order valence-electron chi connectivity index (χ1n) is 5.14. The Kier molecular flexibility index (Phi) is 3.85. The van der Waals surface area contributed by atoms with E-state index in [1.807, 2.05) is 5.38 Å². The highest BCUT2D eigenvalue weighted by Crippen LogP contribution is 2.18. The number of para-hydroxylation sites is 1. The highest BCUT2D eigenvalue weighted by Gasteiger charge is 2.14. The lowest BCUT2D eigenvalue weighted by atomic mass is 10.1. The average Bonchev–Trinajstić information content (AvgIpc) is 2.88. The number of hydrogen-bond acceptors (Lipinski definition) is 5. The summed E-state index contributed by atoms with van der Waals surface area (Å²) in [5.41, 5.74) is 2.33. The molecule has 1 aromatic heterocycles. The molecule has 1 heterocycles. The number of nitrogen functional groups attached to an aromatic ring is 1. The smallest absolute Gasteiger partial charge is 0.253 e. The van der Waals surface area contributed by atoms with Gasteiger partial charge in [-0.15, -0.1) is 11.3 Å². The fourth-order valence-electron chi connectivity index (χ4n) is 1.45. The molecule has 0 saturated carbocycles. The minimum Gasteiger partial charge on any atom is -0.345 e. The fraction of sp³-hybridized carbons (Fsp3) is 0.0909. The third kappa shape index (κ3) is 2.63. The SMILES string of the molecule is NNc1c(F)cccc1C(=O)NCc1nccs1. The number of hydrazine groups is 1. The number of anilines is 1. The van der Waals surface area contributed by atoms with E-state index in [-0.39, 0.29) is 11.3 Å². The molecular formula is C11H11FN4OS. The largest absolute Gasteiger partial charge is 0.345 e. The monoisotopic (exact) mass is 266 g/mol. The minimum absolute atomic E-state index is 0.0193. The number of benzene rings is 1. The molecule has 1 amide bonds. The van der Waals surface area contributed by atoms with Gasteiger partial charge >= 0.3 is 0 Å². The minimum atomic E-state index is -0.570. The van der Waals surface area contributed by atoms with E-state index < -0.39 is 11.7 Å². The summed E-state index contributed by atoms with van der Waals surface area (Å²) >= 11 is 1.43. The molecule has 94 valence electrons. The molecule has 0 saturated heterocycles. The third-order valence-electron chi connectivity index (χ3n) is 2.29. The number of halogens is 1. The van der Waals surface area contributed by atoms with Crippen LogP contribution in [0.4, 0.5) is 10.1 Å². The Balaban J connectivity index is 2.11. The van der Waals surface area contributed by atoms with Gasteiger partial charge in [-0.25, -0.2) is 9.37 Å². The van der Waals surface area contributed by atoms with Gasteiger partial charge in [-0.1, -0.05) is 6.07 Å². The van der Waals surface area contributed by atoms with Crippen LogP contribution in [0, 0.1) is 5.82 Å². The van der Waals surface area contributed by atoms with Gasteiger partial charge in [-0.3, -0.25) is 10.6 Å². The van der Waals surface area contributed by atoms with Crippen LogP contribution in [0.5, 0.6) is 0 Å². The Labute approximate surface area is 107 Å². The number of nitrogens with one attached hydrogen (secondary N) is 2. The van der Waals surface area contributed by atoms with Crippen LogP contribution in [0.2, 0.25) is 0 Å². The van der Waals surface area contributed by atoms with E-state index in [0.717, 1.165) is 5.01 Å². The van der Waals surface area contributed by atoms with Crippen molar-refractivity contribution in [2.75, 3.05) is 5.43 Å². The molecule has 0 radical (unpaired) electrons. The van der Waals surface area contributed by atoms with Gasteiger partial charge in [0.05, 0.1) is 17.8 Å². The van der Waals surface area contributed by atoms with E-state index >= 15 is 0 Å². The highest BCUT2D eigenvalue weighted by molar-refractivity contribution is 7.09. The van der Waals surface area contributed by atoms with Crippen LogP contribution in [0.3, 0.4) is 0 Å². The molecule has 0 fully saturated rings. The molecule has 0 aliphatic carbocycles. The summed E-state index contributed by atoms with van der Waals surface area (Å²) in [4.78, 5) is 15.9. The van der Waals surface area contributed by atoms with E-state index in [0.29, 0.717) is 6.54 Å². The molecule has 0 aliphatic rings. The molecule has 0 unspecified atom stereocenters. The van der Waals surface area contributed by atoms with Crippen molar-refractivity contribution < 1.29 is 9.18 Å². The number of thiazole rings is 1. The van der Waals surface area contributed by atoms with Crippen LogP contribution in [-0.2, 0) is 6.54 Å². The van der Waals surface area contributed by atoms with Gasteiger partial charge in [0.1, 0.15) is 10.8 Å². The molecule has 0 aliphatic heterocycles. The van der Waals surface area contributed by atoms with Crippen molar-refractivity contribution in [1.29, 1.82) is 0 Å². The molecule has 4 N–H and O–H groups in total. The second-order valence-electron chi connectivity index (χ2n) is 3.42. The zero-order valence-electron chi connectivity index (χ0n) is 9.31. The van der Waals surface area contributed by atoms with Gasteiger partial charge in [0.2, 0.25) is 0 Å². The fourth-order valence-corrected chi connectivity index (χ4v) is 2.01. The maximum absolute atomic E-state index is 13.4. The molecular weight excluding hydrogens is 255 g/mol. The Morgan fingerprint density at radius 3 is 3.00 bits per heavy atom. The number of carbonyl (C=O) groups is 1. The van der Waals surface area contributed by atoms with Crippen LogP contribution in [-0.4, -0.2) is 10.9 Å². The van der Waals surface area contributed by atoms with Gasteiger partial charge in [-0.2, -0.15) is 0 Å². The number of aromatic nitrogens is 1. The zero-order valence-corrected chi connectivity index (χ0v) is 10.1. The third-order valence-corrected chi connectivity index (χ3v) is 3.07. The van der Waals surface area contributed by atoms with Crippen molar-refractivity contribution in [2.24, 2.45) is 5.84 Å². The summed E-state index contributed by atoms with van der Waals surface area (Å²) < 4.78 is 13.4. The van der Waals surface area contributed by atoms with Crippen molar-refractivity contribution in [1.82, 2.24) is 10.3 Å². The van der Waals surface area contributed by atoms with Crippen molar-refractivity contribution in [3.05, 3.63) is 46.2 Å². The van der Waals surface area contributed by atoms with Gasteiger partial charge in [0, 0.05) is 11.6 Å². The van der Waals surface area contributed by atoms with Gasteiger partial charge in [0.25, 0.3) is 5.91 Å². The second-order valence-corrected chi connectivity index (χ2v) is 4.39. The number of nitrogens with two attached hydrogens (primary N) is 1. The maximum atomic E-state index is 13.4. The lowest BCUT2D eigenvalue weighted by Gasteiger charge is -2.09. The maximum Gasteiger partial charge on any atom is 0.253 e. The lowest BCUT2D eigenvalue weighted by Crippen LogP contribution is -2.25. The molecule has 2 rings (SSSR count). The first kappa shape index (κ1) is 12.5. The average molecular weight is 266 g/mol. The molecule has 0 spiro atoms. The molecule has 7 heteroatoms. The van der Waals surface area contributed by atoms with Crippen molar-refractivity contribution in [3.63, 3.8) is 0 Å².